The quantitative estimate of drug-likeness (QED) is 0.757. The molecule has 0 aliphatic carbocycles. The first-order valence-electron chi connectivity index (χ1n) is 8.03. The van der Waals surface area contributed by atoms with Crippen molar-refractivity contribution in [3.05, 3.63) is 75.0 Å². The normalized spacial score (nSPS) is 12.2. The van der Waals surface area contributed by atoms with Gasteiger partial charge >= 0.3 is 0 Å². The van der Waals surface area contributed by atoms with Crippen LogP contribution in [0.4, 0.5) is 4.39 Å². The lowest BCUT2D eigenvalue weighted by molar-refractivity contribution is -0.120. The van der Waals surface area contributed by atoms with Gasteiger partial charge in [-0.2, -0.15) is 5.10 Å². The molecular formula is C19H20FN3OS. The molecule has 4 nitrogen and oxygen atoms in total. The van der Waals surface area contributed by atoms with Crippen molar-refractivity contribution in [2.75, 3.05) is 0 Å². The molecule has 1 amide bonds. The van der Waals surface area contributed by atoms with E-state index in [2.05, 4.69) is 10.4 Å². The molecule has 0 saturated carbocycles. The van der Waals surface area contributed by atoms with Gasteiger partial charge in [-0.15, -0.1) is 11.3 Å². The van der Waals surface area contributed by atoms with Crippen LogP contribution in [0.5, 0.6) is 0 Å². The zero-order valence-electron chi connectivity index (χ0n) is 14.4. The summed E-state index contributed by atoms with van der Waals surface area (Å²) in [5, 5.41) is 9.40. The molecule has 1 atom stereocenters. The van der Waals surface area contributed by atoms with Crippen molar-refractivity contribution in [1.29, 1.82) is 0 Å². The van der Waals surface area contributed by atoms with Gasteiger partial charge in [0.15, 0.2) is 0 Å². The minimum atomic E-state index is -0.290. The van der Waals surface area contributed by atoms with Crippen LogP contribution in [-0.2, 0) is 18.3 Å². The number of halogens is 1. The molecule has 1 N–H and O–H groups in total. The summed E-state index contributed by atoms with van der Waals surface area (Å²) in [6.07, 6.45) is 0.272. The molecule has 130 valence electrons. The van der Waals surface area contributed by atoms with E-state index in [1.54, 1.807) is 28.2 Å². The molecule has 0 saturated heterocycles. The fraction of sp³-hybridized carbons (Fsp3) is 0.263. The van der Waals surface area contributed by atoms with Crippen LogP contribution >= 0.6 is 11.3 Å². The number of amides is 1. The number of hydrogen-bond acceptors (Lipinski definition) is 3. The van der Waals surface area contributed by atoms with Crippen LogP contribution < -0.4 is 5.32 Å². The summed E-state index contributed by atoms with van der Waals surface area (Å²) in [4.78, 5) is 13.7. The predicted molar refractivity (Wildman–Crippen MR) is 97.1 cm³/mol. The lowest BCUT2D eigenvalue weighted by Crippen LogP contribution is -2.30. The Balaban J connectivity index is 1.83. The maximum atomic E-state index is 13.2. The molecule has 0 bridgehead atoms. The Hall–Kier alpha value is -2.47. The first-order chi connectivity index (χ1) is 12.0. The maximum absolute atomic E-state index is 13.2. The predicted octanol–water partition coefficient (Wildman–Crippen LogP) is 3.69. The van der Waals surface area contributed by atoms with Gasteiger partial charge in [-0.05, 0) is 43.0 Å². The first kappa shape index (κ1) is 17.4. The number of nitrogens with zero attached hydrogens (tertiary/aromatic N) is 2. The number of carbonyl (C=O) groups excluding carboxylic acids is 1. The summed E-state index contributed by atoms with van der Waals surface area (Å²) >= 11 is 1.56. The zero-order valence-corrected chi connectivity index (χ0v) is 15.2. The molecule has 3 aromatic rings. The molecule has 0 radical (unpaired) electrons. The zero-order chi connectivity index (χ0) is 18.0. The largest absolute Gasteiger partial charge is 0.344 e. The van der Waals surface area contributed by atoms with E-state index in [-0.39, 0.29) is 24.2 Å². The van der Waals surface area contributed by atoms with Crippen molar-refractivity contribution in [3.8, 4) is 0 Å². The molecular weight excluding hydrogens is 337 g/mol. The second kappa shape index (κ2) is 7.19. The SMILES string of the molecule is Cc1nn(C)c(C)c1CC(=O)NC(c1ccc(F)cc1)c1cccs1. The summed E-state index contributed by atoms with van der Waals surface area (Å²) < 4.78 is 15.0. The monoisotopic (exact) mass is 357 g/mol. The molecule has 1 unspecified atom stereocenters. The molecule has 0 aliphatic heterocycles. The molecule has 0 fully saturated rings. The van der Waals surface area contributed by atoms with Crippen molar-refractivity contribution < 1.29 is 9.18 Å². The second-order valence-electron chi connectivity index (χ2n) is 6.02. The third kappa shape index (κ3) is 3.79. The fourth-order valence-electron chi connectivity index (χ4n) is 2.88. The van der Waals surface area contributed by atoms with Crippen LogP contribution in [0, 0.1) is 19.7 Å². The highest BCUT2D eigenvalue weighted by atomic mass is 32.1. The van der Waals surface area contributed by atoms with E-state index in [1.807, 2.05) is 38.4 Å². The van der Waals surface area contributed by atoms with Gasteiger partial charge in [0.1, 0.15) is 5.82 Å². The lowest BCUT2D eigenvalue weighted by Gasteiger charge is -2.18. The Morgan fingerprint density at radius 2 is 2.00 bits per heavy atom. The van der Waals surface area contributed by atoms with E-state index >= 15 is 0 Å². The average molecular weight is 357 g/mol. The third-order valence-electron chi connectivity index (χ3n) is 4.33. The van der Waals surface area contributed by atoms with Crippen LogP contribution in [0.25, 0.3) is 0 Å². The van der Waals surface area contributed by atoms with Crippen LogP contribution in [0.2, 0.25) is 0 Å². The highest BCUT2D eigenvalue weighted by Gasteiger charge is 2.20. The van der Waals surface area contributed by atoms with Crippen molar-refractivity contribution in [3.63, 3.8) is 0 Å². The van der Waals surface area contributed by atoms with Gasteiger partial charge in [-0.3, -0.25) is 9.48 Å². The Morgan fingerprint density at radius 3 is 2.56 bits per heavy atom. The molecule has 2 heterocycles. The van der Waals surface area contributed by atoms with Crippen LogP contribution in [0.1, 0.15) is 33.4 Å². The number of hydrogen-bond donors (Lipinski definition) is 1. The van der Waals surface area contributed by atoms with Crippen molar-refractivity contribution >= 4 is 17.2 Å². The number of nitrogens with one attached hydrogen (secondary N) is 1. The van der Waals surface area contributed by atoms with Gasteiger partial charge in [0.05, 0.1) is 18.2 Å². The second-order valence-corrected chi connectivity index (χ2v) is 7.00. The summed E-state index contributed by atoms with van der Waals surface area (Å²) in [5.41, 5.74) is 3.66. The average Bonchev–Trinajstić information content (AvgIpc) is 3.19. The van der Waals surface area contributed by atoms with E-state index < -0.39 is 0 Å². The number of carbonyl (C=O) groups is 1. The Morgan fingerprint density at radius 1 is 1.28 bits per heavy atom. The van der Waals surface area contributed by atoms with Gasteiger partial charge in [0, 0.05) is 23.2 Å². The van der Waals surface area contributed by atoms with Gasteiger partial charge < -0.3 is 5.32 Å². The van der Waals surface area contributed by atoms with Crippen molar-refractivity contribution in [2.24, 2.45) is 7.05 Å². The Labute approximate surface area is 150 Å². The Bertz CT molecular complexity index is 869. The number of benzene rings is 1. The summed E-state index contributed by atoms with van der Waals surface area (Å²) in [6, 6.07) is 9.87. The number of aromatic nitrogens is 2. The van der Waals surface area contributed by atoms with E-state index in [1.165, 1.54) is 12.1 Å². The molecule has 3 rings (SSSR count). The molecule has 6 heteroatoms. The highest BCUT2D eigenvalue weighted by Crippen LogP contribution is 2.26. The smallest absolute Gasteiger partial charge is 0.225 e. The number of thiophene rings is 1. The topological polar surface area (TPSA) is 46.9 Å². The minimum Gasteiger partial charge on any atom is -0.344 e. The van der Waals surface area contributed by atoms with Crippen LogP contribution in [0.3, 0.4) is 0 Å². The maximum Gasteiger partial charge on any atom is 0.225 e. The van der Waals surface area contributed by atoms with Crippen LogP contribution in [-0.4, -0.2) is 15.7 Å². The third-order valence-corrected chi connectivity index (χ3v) is 5.27. The van der Waals surface area contributed by atoms with E-state index in [0.29, 0.717) is 0 Å². The number of aryl methyl sites for hydroxylation is 2. The summed E-state index contributed by atoms with van der Waals surface area (Å²) in [6.45, 7) is 3.87. The fourth-order valence-corrected chi connectivity index (χ4v) is 3.68. The molecule has 0 aliphatic rings. The van der Waals surface area contributed by atoms with Gasteiger partial charge in [0.25, 0.3) is 0 Å². The highest BCUT2D eigenvalue weighted by molar-refractivity contribution is 7.10. The molecule has 0 spiro atoms. The van der Waals surface area contributed by atoms with Crippen molar-refractivity contribution in [2.45, 2.75) is 26.3 Å². The van der Waals surface area contributed by atoms with Crippen molar-refractivity contribution in [1.82, 2.24) is 15.1 Å². The van der Waals surface area contributed by atoms with Gasteiger partial charge in [-0.25, -0.2) is 4.39 Å². The van der Waals surface area contributed by atoms with Gasteiger partial charge in [-0.1, -0.05) is 18.2 Å². The van der Waals surface area contributed by atoms with Gasteiger partial charge in [0.2, 0.25) is 5.91 Å². The summed E-state index contributed by atoms with van der Waals surface area (Å²) in [7, 11) is 1.87. The minimum absolute atomic E-state index is 0.0816. The van der Waals surface area contributed by atoms with E-state index in [0.717, 1.165) is 27.4 Å². The molecule has 1 aromatic carbocycles. The van der Waals surface area contributed by atoms with E-state index in [9.17, 15) is 9.18 Å². The lowest BCUT2D eigenvalue weighted by atomic mass is 10.0. The molecule has 25 heavy (non-hydrogen) atoms. The summed E-state index contributed by atoms with van der Waals surface area (Å²) in [5.74, 6) is -0.372. The van der Waals surface area contributed by atoms with E-state index in [4.69, 9.17) is 0 Å². The van der Waals surface area contributed by atoms with Crippen LogP contribution in [0.15, 0.2) is 41.8 Å². The molecule has 2 aromatic heterocycles. The first-order valence-corrected chi connectivity index (χ1v) is 8.91. The number of rotatable bonds is 5. The Kier molecular flexibility index (Phi) is 4.99. The standard InChI is InChI=1S/C19H20FN3OS/c1-12-16(13(2)23(3)22-12)11-18(24)21-19(17-5-4-10-25-17)14-6-8-15(20)9-7-14/h4-10,19H,11H2,1-3H3,(H,21,24).